The summed E-state index contributed by atoms with van der Waals surface area (Å²) in [5.74, 6) is 2.04. The fourth-order valence-electron chi connectivity index (χ4n) is 1.85. The normalized spacial score (nSPS) is 12.4. The van der Waals surface area contributed by atoms with E-state index < -0.39 is 0 Å². The van der Waals surface area contributed by atoms with E-state index in [1.54, 1.807) is 23.9 Å². The van der Waals surface area contributed by atoms with Gasteiger partial charge in [0.1, 0.15) is 5.82 Å². The molecule has 2 nitrogen and oxygen atoms in total. The molecule has 1 heterocycles. The maximum atomic E-state index is 12.9. The SMILES string of the molecule is Fc1ccc(C(=S)SCc2ccc3c(c2)OCO3)cc1. The number of hydrogen-bond acceptors (Lipinski definition) is 4. The highest BCUT2D eigenvalue weighted by Gasteiger charge is 2.13. The molecule has 2 aromatic carbocycles. The molecule has 102 valence electrons. The number of rotatable bonds is 3. The molecule has 0 radical (unpaired) electrons. The number of thiocarbonyl (C=S) groups is 1. The van der Waals surface area contributed by atoms with Gasteiger partial charge in [0.2, 0.25) is 6.79 Å². The molecular formula is C15H11FO2S2. The molecule has 1 aliphatic rings. The van der Waals surface area contributed by atoms with Crippen molar-refractivity contribution in [2.75, 3.05) is 6.79 Å². The van der Waals surface area contributed by atoms with E-state index in [1.807, 2.05) is 18.2 Å². The van der Waals surface area contributed by atoms with Crippen molar-refractivity contribution in [2.24, 2.45) is 0 Å². The van der Waals surface area contributed by atoms with Crippen LogP contribution in [0.2, 0.25) is 0 Å². The molecule has 0 saturated carbocycles. The molecule has 0 unspecified atom stereocenters. The summed E-state index contributed by atoms with van der Waals surface area (Å²) in [5.41, 5.74) is 1.98. The van der Waals surface area contributed by atoms with E-state index in [1.165, 1.54) is 12.1 Å². The first-order valence-electron chi connectivity index (χ1n) is 6.03. The van der Waals surface area contributed by atoms with Crippen LogP contribution in [0.5, 0.6) is 11.5 Å². The lowest BCUT2D eigenvalue weighted by molar-refractivity contribution is 0.174. The lowest BCUT2D eigenvalue weighted by Gasteiger charge is -2.05. The van der Waals surface area contributed by atoms with Gasteiger partial charge in [-0.15, -0.1) is 11.8 Å². The van der Waals surface area contributed by atoms with Crippen LogP contribution in [-0.2, 0) is 5.75 Å². The van der Waals surface area contributed by atoms with Crippen LogP contribution in [0.4, 0.5) is 4.39 Å². The van der Waals surface area contributed by atoms with Gasteiger partial charge in [-0.1, -0.05) is 30.4 Å². The van der Waals surface area contributed by atoms with Crippen molar-refractivity contribution in [1.29, 1.82) is 0 Å². The van der Waals surface area contributed by atoms with Gasteiger partial charge in [0.15, 0.2) is 11.5 Å². The number of ether oxygens (including phenoxy) is 2. The van der Waals surface area contributed by atoms with Crippen LogP contribution in [0.3, 0.4) is 0 Å². The van der Waals surface area contributed by atoms with E-state index in [0.717, 1.165) is 32.6 Å². The fraction of sp³-hybridized carbons (Fsp3) is 0.133. The van der Waals surface area contributed by atoms with Crippen LogP contribution in [0.25, 0.3) is 0 Å². The quantitative estimate of drug-likeness (QED) is 0.792. The third-order valence-electron chi connectivity index (χ3n) is 2.89. The number of fused-ring (bicyclic) bond motifs is 1. The Bertz CT molecular complexity index is 641. The molecular weight excluding hydrogens is 295 g/mol. The van der Waals surface area contributed by atoms with Crippen LogP contribution < -0.4 is 9.47 Å². The van der Waals surface area contributed by atoms with Gasteiger partial charge in [-0.3, -0.25) is 0 Å². The summed E-state index contributed by atoms with van der Waals surface area (Å²) in [5, 5.41) is 0. The molecule has 20 heavy (non-hydrogen) atoms. The van der Waals surface area contributed by atoms with E-state index in [9.17, 15) is 4.39 Å². The predicted molar refractivity (Wildman–Crippen MR) is 82.0 cm³/mol. The van der Waals surface area contributed by atoms with Gasteiger partial charge in [0, 0.05) is 5.75 Å². The Hall–Kier alpha value is -1.59. The third kappa shape index (κ3) is 2.94. The summed E-state index contributed by atoms with van der Waals surface area (Å²) in [6.07, 6.45) is 0. The van der Waals surface area contributed by atoms with Crippen molar-refractivity contribution < 1.29 is 13.9 Å². The predicted octanol–water partition coefficient (Wildman–Crippen LogP) is 4.16. The molecule has 5 heteroatoms. The average Bonchev–Trinajstić information content (AvgIpc) is 2.93. The second-order valence-corrected chi connectivity index (χ2v) is 5.92. The summed E-state index contributed by atoms with van der Waals surface area (Å²) in [6, 6.07) is 12.1. The Morgan fingerprint density at radius 3 is 2.65 bits per heavy atom. The summed E-state index contributed by atoms with van der Waals surface area (Å²) in [7, 11) is 0. The van der Waals surface area contributed by atoms with Gasteiger partial charge in [-0.05, 0) is 35.4 Å². The van der Waals surface area contributed by atoms with Crippen molar-refractivity contribution >= 4 is 28.2 Å². The Morgan fingerprint density at radius 2 is 1.85 bits per heavy atom. The van der Waals surface area contributed by atoms with E-state index in [-0.39, 0.29) is 12.6 Å². The smallest absolute Gasteiger partial charge is 0.231 e. The van der Waals surface area contributed by atoms with Crippen LogP contribution in [0, 0.1) is 5.82 Å². The van der Waals surface area contributed by atoms with Gasteiger partial charge < -0.3 is 9.47 Å². The minimum atomic E-state index is -0.252. The fourth-order valence-corrected chi connectivity index (χ4v) is 2.94. The lowest BCUT2D eigenvalue weighted by Crippen LogP contribution is -1.93. The average molecular weight is 306 g/mol. The zero-order valence-corrected chi connectivity index (χ0v) is 12.1. The number of halogens is 1. The largest absolute Gasteiger partial charge is 0.454 e. The zero-order chi connectivity index (χ0) is 13.9. The lowest BCUT2D eigenvalue weighted by atomic mass is 10.2. The third-order valence-corrected chi connectivity index (χ3v) is 4.45. The first kappa shape index (κ1) is 13.4. The molecule has 0 amide bonds. The molecule has 0 aliphatic carbocycles. The van der Waals surface area contributed by atoms with E-state index in [4.69, 9.17) is 21.7 Å². The topological polar surface area (TPSA) is 18.5 Å². The number of thioether (sulfide) groups is 1. The Morgan fingerprint density at radius 1 is 1.10 bits per heavy atom. The molecule has 0 aromatic heterocycles. The maximum absolute atomic E-state index is 12.9. The van der Waals surface area contributed by atoms with Gasteiger partial charge in [0.05, 0.1) is 4.20 Å². The monoisotopic (exact) mass is 306 g/mol. The highest BCUT2D eigenvalue weighted by Crippen LogP contribution is 2.33. The Kier molecular flexibility index (Phi) is 3.89. The molecule has 3 rings (SSSR count). The summed E-state index contributed by atoms with van der Waals surface area (Å²) in [6.45, 7) is 0.278. The summed E-state index contributed by atoms with van der Waals surface area (Å²) >= 11 is 6.89. The molecule has 0 fully saturated rings. The van der Waals surface area contributed by atoms with Crippen molar-refractivity contribution in [3.63, 3.8) is 0 Å². The Balaban J connectivity index is 1.64. The van der Waals surface area contributed by atoms with Gasteiger partial charge in [-0.25, -0.2) is 4.39 Å². The van der Waals surface area contributed by atoms with Crippen molar-refractivity contribution in [1.82, 2.24) is 0 Å². The highest BCUT2D eigenvalue weighted by molar-refractivity contribution is 8.23. The summed E-state index contributed by atoms with van der Waals surface area (Å²) < 4.78 is 24.2. The first-order chi connectivity index (χ1) is 9.72. The van der Waals surface area contributed by atoms with Crippen molar-refractivity contribution in [3.05, 3.63) is 59.4 Å². The van der Waals surface area contributed by atoms with Gasteiger partial charge in [-0.2, -0.15) is 0 Å². The first-order valence-corrected chi connectivity index (χ1v) is 7.43. The Labute approximate surface area is 125 Å². The van der Waals surface area contributed by atoms with E-state index in [0.29, 0.717) is 0 Å². The maximum Gasteiger partial charge on any atom is 0.231 e. The van der Waals surface area contributed by atoms with E-state index in [2.05, 4.69) is 0 Å². The molecule has 2 aromatic rings. The van der Waals surface area contributed by atoms with Crippen molar-refractivity contribution in [2.45, 2.75) is 5.75 Å². The van der Waals surface area contributed by atoms with Crippen LogP contribution in [-0.4, -0.2) is 11.0 Å². The second kappa shape index (κ2) is 5.81. The van der Waals surface area contributed by atoms with Crippen LogP contribution in [0.15, 0.2) is 42.5 Å². The van der Waals surface area contributed by atoms with E-state index >= 15 is 0 Å². The minimum absolute atomic E-state index is 0.252. The highest BCUT2D eigenvalue weighted by atomic mass is 32.2. The van der Waals surface area contributed by atoms with Crippen LogP contribution >= 0.6 is 24.0 Å². The number of benzene rings is 2. The van der Waals surface area contributed by atoms with Gasteiger partial charge in [0.25, 0.3) is 0 Å². The molecule has 0 saturated heterocycles. The second-order valence-electron chi connectivity index (χ2n) is 4.27. The summed E-state index contributed by atoms with van der Waals surface area (Å²) in [4.78, 5) is 0. The van der Waals surface area contributed by atoms with Gasteiger partial charge >= 0.3 is 0 Å². The molecule has 0 N–H and O–H groups in total. The molecule has 1 aliphatic heterocycles. The van der Waals surface area contributed by atoms with Crippen molar-refractivity contribution in [3.8, 4) is 11.5 Å². The minimum Gasteiger partial charge on any atom is -0.454 e. The number of hydrogen-bond donors (Lipinski definition) is 0. The standard InChI is InChI=1S/C15H11FO2S2/c16-12-4-2-11(3-5-12)15(19)20-8-10-1-6-13-14(7-10)18-9-17-13/h1-7H,8-9H2. The van der Waals surface area contributed by atoms with Crippen LogP contribution in [0.1, 0.15) is 11.1 Å². The zero-order valence-electron chi connectivity index (χ0n) is 10.5. The molecule has 0 bridgehead atoms. The molecule has 0 spiro atoms. The molecule has 0 atom stereocenters.